The highest BCUT2D eigenvalue weighted by Crippen LogP contribution is 1.97. The van der Waals surface area contributed by atoms with Crippen molar-refractivity contribution in [2.75, 3.05) is 5.88 Å². The van der Waals surface area contributed by atoms with Gasteiger partial charge in [0.15, 0.2) is 0 Å². The van der Waals surface area contributed by atoms with E-state index in [-0.39, 0.29) is 0 Å². The monoisotopic (exact) mass is 252 g/mol. The molecule has 1 heterocycles. The van der Waals surface area contributed by atoms with Gasteiger partial charge in [-0.25, -0.2) is 4.79 Å². The molecule has 0 aliphatic heterocycles. The van der Waals surface area contributed by atoms with Gasteiger partial charge in [0.2, 0.25) is 0 Å². The number of aryl methyl sites for hydroxylation is 1. The van der Waals surface area contributed by atoms with E-state index in [0.717, 1.165) is 0 Å². The zero-order chi connectivity index (χ0) is 9.14. The van der Waals surface area contributed by atoms with E-state index in [4.69, 9.17) is 11.6 Å². The molecule has 0 aliphatic carbocycles. The summed E-state index contributed by atoms with van der Waals surface area (Å²) in [7, 11) is 0. The number of H-pyrrole nitrogens is 1. The fraction of sp³-hybridized carbons (Fsp3) is 0.333. The third kappa shape index (κ3) is 1.98. The zero-order valence-corrected chi connectivity index (χ0v) is 8.35. The Morgan fingerprint density at radius 1 is 1.58 bits per heavy atom. The number of nitrogens with zero attached hydrogens (tertiary/aromatic N) is 1. The number of alkyl halides is 1. The SMILES string of the molecule is O=c1[nH]c(=O)n(CCCl)cc1Br. The van der Waals surface area contributed by atoms with Crippen molar-refractivity contribution in [3.8, 4) is 0 Å². The summed E-state index contributed by atoms with van der Waals surface area (Å²) in [6, 6.07) is 0. The smallest absolute Gasteiger partial charge is 0.298 e. The number of halogens is 2. The Morgan fingerprint density at radius 2 is 2.25 bits per heavy atom. The van der Waals surface area contributed by atoms with Gasteiger partial charge in [-0.2, -0.15) is 0 Å². The molecule has 0 spiro atoms. The first-order valence-corrected chi connectivity index (χ1v) is 4.53. The van der Waals surface area contributed by atoms with Crippen LogP contribution in [-0.4, -0.2) is 15.4 Å². The molecule has 0 aromatic carbocycles. The molecule has 0 atom stereocenters. The minimum absolute atomic E-state index is 0.326. The van der Waals surface area contributed by atoms with Crippen molar-refractivity contribution in [2.45, 2.75) is 6.54 Å². The second kappa shape index (κ2) is 3.91. The maximum atomic E-state index is 11.0. The van der Waals surface area contributed by atoms with Crippen molar-refractivity contribution in [2.24, 2.45) is 0 Å². The van der Waals surface area contributed by atoms with Crippen LogP contribution in [0.1, 0.15) is 0 Å². The summed E-state index contributed by atoms with van der Waals surface area (Å²) in [5.41, 5.74) is -0.866. The summed E-state index contributed by atoms with van der Waals surface area (Å²) in [6.45, 7) is 0.385. The van der Waals surface area contributed by atoms with Gasteiger partial charge >= 0.3 is 5.69 Å². The van der Waals surface area contributed by atoms with E-state index in [2.05, 4.69) is 20.9 Å². The lowest BCUT2D eigenvalue weighted by molar-refractivity contribution is 0.693. The molecule has 12 heavy (non-hydrogen) atoms. The normalized spacial score (nSPS) is 10.2. The largest absolute Gasteiger partial charge is 0.328 e. The van der Waals surface area contributed by atoms with Crippen molar-refractivity contribution >= 4 is 27.5 Å². The summed E-state index contributed by atoms with van der Waals surface area (Å²) >= 11 is 8.44. The van der Waals surface area contributed by atoms with E-state index in [0.29, 0.717) is 16.9 Å². The summed E-state index contributed by atoms with van der Waals surface area (Å²) in [5, 5.41) is 0. The van der Waals surface area contributed by atoms with Crippen molar-refractivity contribution in [3.63, 3.8) is 0 Å². The maximum absolute atomic E-state index is 11.0. The van der Waals surface area contributed by atoms with Crippen LogP contribution in [-0.2, 0) is 6.54 Å². The highest BCUT2D eigenvalue weighted by atomic mass is 79.9. The van der Waals surface area contributed by atoms with E-state index in [9.17, 15) is 9.59 Å². The Morgan fingerprint density at radius 3 is 2.83 bits per heavy atom. The zero-order valence-electron chi connectivity index (χ0n) is 6.01. The minimum Gasteiger partial charge on any atom is -0.298 e. The van der Waals surface area contributed by atoms with Crippen molar-refractivity contribution < 1.29 is 0 Å². The van der Waals surface area contributed by atoms with Gasteiger partial charge < -0.3 is 0 Å². The van der Waals surface area contributed by atoms with Crippen LogP contribution >= 0.6 is 27.5 Å². The molecule has 0 radical (unpaired) electrons. The van der Waals surface area contributed by atoms with E-state index < -0.39 is 11.2 Å². The Labute approximate surface area is 81.3 Å². The standard InChI is InChI=1S/C6H6BrClN2O2/c7-4-3-10(2-1-8)6(12)9-5(4)11/h3H,1-2H2,(H,9,11,12). The van der Waals surface area contributed by atoms with Crippen LogP contribution in [0.15, 0.2) is 20.3 Å². The molecule has 66 valence electrons. The van der Waals surface area contributed by atoms with Gasteiger partial charge in [-0.3, -0.25) is 14.3 Å². The molecule has 1 aromatic rings. The minimum atomic E-state index is -0.441. The third-order valence-electron chi connectivity index (χ3n) is 1.29. The van der Waals surface area contributed by atoms with E-state index in [1.807, 2.05) is 0 Å². The number of hydrogen-bond donors (Lipinski definition) is 1. The Kier molecular flexibility index (Phi) is 3.11. The number of nitrogens with one attached hydrogen (secondary N) is 1. The Bertz CT molecular complexity index is 384. The predicted molar refractivity (Wildman–Crippen MR) is 49.7 cm³/mol. The maximum Gasteiger partial charge on any atom is 0.328 e. The van der Waals surface area contributed by atoms with Gasteiger partial charge in [-0.05, 0) is 15.9 Å². The van der Waals surface area contributed by atoms with Crippen molar-refractivity contribution in [1.29, 1.82) is 0 Å². The fourth-order valence-electron chi connectivity index (χ4n) is 0.740. The van der Waals surface area contributed by atoms with Crippen molar-refractivity contribution in [3.05, 3.63) is 31.5 Å². The molecule has 0 aliphatic rings. The molecule has 0 fully saturated rings. The molecule has 0 unspecified atom stereocenters. The first kappa shape index (κ1) is 9.54. The van der Waals surface area contributed by atoms with Crippen LogP contribution in [0.3, 0.4) is 0 Å². The fourth-order valence-corrected chi connectivity index (χ4v) is 1.27. The van der Waals surface area contributed by atoms with Crippen LogP contribution < -0.4 is 11.2 Å². The number of hydrogen-bond acceptors (Lipinski definition) is 2. The number of rotatable bonds is 2. The lowest BCUT2D eigenvalue weighted by Gasteiger charge is -2.00. The van der Waals surface area contributed by atoms with Crippen LogP contribution in [0.2, 0.25) is 0 Å². The average molecular weight is 253 g/mol. The lowest BCUT2D eigenvalue weighted by Crippen LogP contribution is -2.30. The van der Waals surface area contributed by atoms with E-state index >= 15 is 0 Å². The van der Waals surface area contributed by atoms with Gasteiger partial charge in [0.1, 0.15) is 0 Å². The Hall–Kier alpha value is -0.550. The molecule has 6 heteroatoms. The van der Waals surface area contributed by atoms with Gasteiger partial charge in [-0.15, -0.1) is 11.6 Å². The van der Waals surface area contributed by atoms with Gasteiger partial charge in [0.25, 0.3) is 5.56 Å². The summed E-state index contributed by atoms with van der Waals surface area (Å²) in [4.78, 5) is 24.0. The van der Waals surface area contributed by atoms with E-state index in [1.54, 1.807) is 0 Å². The molecule has 0 saturated carbocycles. The van der Waals surface area contributed by atoms with Crippen molar-refractivity contribution in [1.82, 2.24) is 9.55 Å². The van der Waals surface area contributed by atoms with Crippen LogP contribution in [0.4, 0.5) is 0 Å². The average Bonchev–Trinajstić information content (AvgIpc) is 2.01. The molecular weight excluding hydrogens is 247 g/mol. The molecule has 1 aromatic heterocycles. The first-order valence-electron chi connectivity index (χ1n) is 3.20. The van der Waals surface area contributed by atoms with E-state index in [1.165, 1.54) is 10.8 Å². The van der Waals surface area contributed by atoms with Gasteiger partial charge in [-0.1, -0.05) is 0 Å². The quantitative estimate of drug-likeness (QED) is 0.782. The lowest BCUT2D eigenvalue weighted by atomic mass is 10.6. The van der Waals surface area contributed by atoms with Crippen LogP contribution in [0.25, 0.3) is 0 Å². The van der Waals surface area contributed by atoms with Gasteiger partial charge in [0.05, 0.1) is 4.47 Å². The van der Waals surface area contributed by atoms with Crippen LogP contribution in [0.5, 0.6) is 0 Å². The predicted octanol–water partition coefficient (Wildman–Crippen LogP) is 0.538. The highest BCUT2D eigenvalue weighted by molar-refractivity contribution is 9.10. The molecule has 1 N–H and O–H groups in total. The topological polar surface area (TPSA) is 54.9 Å². The third-order valence-corrected chi connectivity index (χ3v) is 2.03. The second-order valence-corrected chi connectivity index (χ2v) is 3.35. The first-order chi connectivity index (χ1) is 5.65. The molecule has 1 rings (SSSR count). The van der Waals surface area contributed by atoms with Gasteiger partial charge in [0, 0.05) is 18.6 Å². The summed E-state index contributed by atoms with van der Waals surface area (Å²) in [5.74, 6) is 0.332. The molecule has 4 nitrogen and oxygen atoms in total. The highest BCUT2D eigenvalue weighted by Gasteiger charge is 1.99. The number of aromatic amines is 1. The summed E-state index contributed by atoms with van der Waals surface area (Å²) < 4.78 is 1.66. The van der Waals surface area contributed by atoms with Crippen LogP contribution in [0, 0.1) is 0 Å². The molecule has 0 bridgehead atoms. The molecule has 0 amide bonds. The summed E-state index contributed by atoms with van der Waals surface area (Å²) in [6.07, 6.45) is 1.42. The molecule has 0 saturated heterocycles. The molecular formula is C6H6BrClN2O2. The second-order valence-electron chi connectivity index (χ2n) is 2.12. The Balaban J connectivity index is 3.24. The number of aromatic nitrogens is 2.